The number of rotatable bonds is 2. The van der Waals surface area contributed by atoms with Crippen LogP contribution in [0.4, 0.5) is 13.2 Å². The average Bonchev–Trinajstić information content (AvgIpc) is 2.57. The van der Waals surface area contributed by atoms with Crippen LogP contribution in [0.1, 0.15) is 22.5 Å². The Kier molecular flexibility index (Phi) is 3.89. The Labute approximate surface area is 122 Å². The van der Waals surface area contributed by atoms with Gasteiger partial charge in [-0.2, -0.15) is 18.3 Å². The highest BCUT2D eigenvalue weighted by molar-refractivity contribution is 14.1. The molecule has 0 saturated heterocycles. The van der Waals surface area contributed by atoms with Crippen molar-refractivity contribution in [2.45, 2.75) is 26.6 Å². The molecule has 102 valence electrons. The van der Waals surface area contributed by atoms with E-state index >= 15 is 0 Å². The maximum atomic E-state index is 12.4. The molecule has 0 amide bonds. The van der Waals surface area contributed by atoms with Crippen LogP contribution < -0.4 is 0 Å². The second kappa shape index (κ2) is 5.15. The standard InChI is InChI=1S/C13H12F3IN2/c1-8-12(17)9(2)19(18-8)7-10-3-5-11(6-4-10)13(14,15)16/h3-6H,7H2,1-2H3. The van der Waals surface area contributed by atoms with E-state index in [1.165, 1.54) is 12.1 Å². The third kappa shape index (κ3) is 3.10. The van der Waals surface area contributed by atoms with Crippen molar-refractivity contribution in [3.63, 3.8) is 0 Å². The summed E-state index contributed by atoms with van der Waals surface area (Å²) in [6, 6.07) is 5.19. The summed E-state index contributed by atoms with van der Waals surface area (Å²) < 4.78 is 40.2. The van der Waals surface area contributed by atoms with E-state index in [4.69, 9.17) is 0 Å². The summed E-state index contributed by atoms with van der Waals surface area (Å²) in [6.07, 6.45) is -4.29. The lowest BCUT2D eigenvalue weighted by atomic mass is 10.1. The largest absolute Gasteiger partial charge is 0.416 e. The molecule has 0 bridgehead atoms. The Balaban J connectivity index is 2.22. The molecule has 0 aliphatic carbocycles. The van der Waals surface area contributed by atoms with Crippen LogP contribution >= 0.6 is 22.6 Å². The lowest BCUT2D eigenvalue weighted by molar-refractivity contribution is -0.137. The summed E-state index contributed by atoms with van der Waals surface area (Å²) in [5, 5.41) is 4.36. The first-order valence-corrected chi connectivity index (χ1v) is 6.72. The number of hydrogen-bond donors (Lipinski definition) is 0. The van der Waals surface area contributed by atoms with E-state index < -0.39 is 11.7 Å². The van der Waals surface area contributed by atoms with E-state index in [2.05, 4.69) is 27.7 Å². The highest BCUT2D eigenvalue weighted by Crippen LogP contribution is 2.29. The molecule has 0 fully saturated rings. The van der Waals surface area contributed by atoms with E-state index in [0.717, 1.165) is 32.7 Å². The molecule has 1 aromatic carbocycles. The molecular formula is C13H12F3IN2. The lowest BCUT2D eigenvalue weighted by Gasteiger charge is -2.08. The van der Waals surface area contributed by atoms with Gasteiger partial charge in [-0.3, -0.25) is 4.68 Å². The number of alkyl halides is 3. The smallest absolute Gasteiger partial charge is 0.264 e. The van der Waals surface area contributed by atoms with Gasteiger partial charge in [0, 0.05) is 5.69 Å². The van der Waals surface area contributed by atoms with Crippen LogP contribution in [0.2, 0.25) is 0 Å². The average molecular weight is 380 g/mol. The maximum absolute atomic E-state index is 12.4. The molecule has 0 aliphatic heterocycles. The van der Waals surface area contributed by atoms with Gasteiger partial charge in [-0.05, 0) is 54.1 Å². The van der Waals surface area contributed by atoms with E-state index in [1.807, 2.05) is 13.8 Å². The van der Waals surface area contributed by atoms with Crippen LogP contribution in [0, 0.1) is 17.4 Å². The minimum absolute atomic E-state index is 0.480. The number of hydrogen-bond acceptors (Lipinski definition) is 1. The van der Waals surface area contributed by atoms with Gasteiger partial charge in [0.25, 0.3) is 0 Å². The van der Waals surface area contributed by atoms with Gasteiger partial charge < -0.3 is 0 Å². The molecule has 0 unspecified atom stereocenters. The first-order valence-electron chi connectivity index (χ1n) is 5.64. The van der Waals surface area contributed by atoms with E-state index in [1.54, 1.807) is 4.68 Å². The molecule has 2 rings (SSSR count). The van der Waals surface area contributed by atoms with Crippen molar-refractivity contribution in [2.24, 2.45) is 0 Å². The van der Waals surface area contributed by atoms with Gasteiger partial charge in [0.2, 0.25) is 0 Å². The molecule has 0 aliphatic rings. The molecule has 0 saturated carbocycles. The molecular weight excluding hydrogens is 368 g/mol. The van der Waals surface area contributed by atoms with E-state index in [0.29, 0.717) is 6.54 Å². The van der Waals surface area contributed by atoms with Gasteiger partial charge in [-0.15, -0.1) is 0 Å². The summed E-state index contributed by atoms with van der Waals surface area (Å²) >= 11 is 2.22. The molecule has 2 aromatic rings. The van der Waals surface area contributed by atoms with E-state index in [-0.39, 0.29) is 0 Å². The SMILES string of the molecule is Cc1nn(Cc2ccc(C(F)(F)F)cc2)c(C)c1I. The first kappa shape index (κ1) is 14.4. The van der Waals surface area contributed by atoms with Gasteiger partial charge in [0.1, 0.15) is 0 Å². The van der Waals surface area contributed by atoms with Crippen LogP contribution in [0.5, 0.6) is 0 Å². The maximum Gasteiger partial charge on any atom is 0.416 e. The fourth-order valence-electron chi connectivity index (χ4n) is 1.80. The topological polar surface area (TPSA) is 17.8 Å². The predicted molar refractivity (Wildman–Crippen MR) is 75.0 cm³/mol. The summed E-state index contributed by atoms with van der Waals surface area (Å²) in [5.74, 6) is 0. The van der Waals surface area contributed by atoms with E-state index in [9.17, 15) is 13.2 Å². The Morgan fingerprint density at radius 3 is 2.16 bits per heavy atom. The van der Waals surface area contributed by atoms with Crippen molar-refractivity contribution in [3.8, 4) is 0 Å². The fourth-order valence-corrected chi connectivity index (χ4v) is 2.19. The molecule has 0 atom stereocenters. The zero-order valence-electron chi connectivity index (χ0n) is 10.4. The van der Waals surface area contributed by atoms with Crippen LogP contribution in [-0.2, 0) is 12.7 Å². The summed E-state index contributed by atoms with van der Waals surface area (Å²) in [5.41, 5.74) is 2.14. The van der Waals surface area contributed by atoms with Crippen molar-refractivity contribution in [1.82, 2.24) is 9.78 Å². The molecule has 0 N–H and O–H groups in total. The van der Waals surface area contributed by atoms with Crippen LogP contribution in [0.25, 0.3) is 0 Å². The third-order valence-electron chi connectivity index (χ3n) is 2.91. The number of benzene rings is 1. The summed E-state index contributed by atoms with van der Waals surface area (Å²) in [4.78, 5) is 0. The Morgan fingerprint density at radius 1 is 1.16 bits per heavy atom. The fraction of sp³-hybridized carbons (Fsp3) is 0.308. The molecule has 19 heavy (non-hydrogen) atoms. The van der Waals surface area contributed by atoms with Gasteiger partial charge in [-0.25, -0.2) is 0 Å². The van der Waals surface area contributed by atoms with Gasteiger partial charge >= 0.3 is 6.18 Å². The molecule has 1 heterocycles. The zero-order valence-corrected chi connectivity index (χ0v) is 12.6. The Hall–Kier alpha value is -1.05. The highest BCUT2D eigenvalue weighted by Gasteiger charge is 2.29. The third-order valence-corrected chi connectivity index (χ3v) is 4.47. The molecule has 0 spiro atoms. The predicted octanol–water partition coefficient (Wildman–Crippen LogP) is 4.17. The van der Waals surface area contributed by atoms with Crippen molar-refractivity contribution >= 4 is 22.6 Å². The lowest BCUT2D eigenvalue weighted by Crippen LogP contribution is -2.07. The Bertz CT molecular complexity index is 585. The molecule has 2 nitrogen and oxygen atoms in total. The van der Waals surface area contributed by atoms with Crippen molar-refractivity contribution in [2.75, 3.05) is 0 Å². The highest BCUT2D eigenvalue weighted by atomic mass is 127. The molecule has 6 heteroatoms. The first-order chi connectivity index (χ1) is 8.79. The molecule has 1 aromatic heterocycles. The zero-order chi connectivity index (χ0) is 14.2. The van der Waals surface area contributed by atoms with Crippen LogP contribution in [0.15, 0.2) is 24.3 Å². The number of aromatic nitrogens is 2. The minimum Gasteiger partial charge on any atom is -0.264 e. The van der Waals surface area contributed by atoms with Crippen LogP contribution in [-0.4, -0.2) is 9.78 Å². The number of halogens is 4. The van der Waals surface area contributed by atoms with Crippen molar-refractivity contribution in [1.29, 1.82) is 0 Å². The van der Waals surface area contributed by atoms with Crippen LogP contribution in [0.3, 0.4) is 0 Å². The minimum atomic E-state index is -4.29. The second-order valence-electron chi connectivity index (χ2n) is 4.34. The van der Waals surface area contributed by atoms with Crippen molar-refractivity contribution < 1.29 is 13.2 Å². The molecule has 0 radical (unpaired) electrons. The van der Waals surface area contributed by atoms with Gasteiger partial charge in [-0.1, -0.05) is 12.1 Å². The summed E-state index contributed by atoms with van der Waals surface area (Å²) in [7, 11) is 0. The van der Waals surface area contributed by atoms with Crippen molar-refractivity contribution in [3.05, 3.63) is 50.4 Å². The Morgan fingerprint density at radius 2 is 1.74 bits per heavy atom. The normalized spacial score (nSPS) is 11.9. The quantitative estimate of drug-likeness (QED) is 0.716. The monoisotopic (exact) mass is 380 g/mol. The number of aryl methyl sites for hydroxylation is 1. The van der Waals surface area contributed by atoms with Gasteiger partial charge in [0.15, 0.2) is 0 Å². The van der Waals surface area contributed by atoms with Gasteiger partial charge in [0.05, 0.1) is 21.4 Å². The summed E-state index contributed by atoms with van der Waals surface area (Å²) in [6.45, 7) is 4.34. The number of nitrogens with zero attached hydrogens (tertiary/aromatic N) is 2. The second-order valence-corrected chi connectivity index (χ2v) is 5.42.